The molecule has 12 aliphatic rings. The number of fused-ring (bicyclic) bond motifs is 12. The molecule has 768 valence electrons. The number of aliphatic hydroxyl groups is 1. The Morgan fingerprint density at radius 1 is 0.372 bits per heavy atom. The number of hydrogen-bond acceptors (Lipinski definition) is 26. The summed E-state index contributed by atoms with van der Waals surface area (Å²) in [7, 11) is 2.71. The van der Waals surface area contributed by atoms with Crippen LogP contribution in [0.4, 0.5) is 17.6 Å². The summed E-state index contributed by atoms with van der Waals surface area (Å²) in [5, 5.41) is 9.62. The number of aldehydes is 1. The van der Waals surface area contributed by atoms with E-state index in [0.29, 0.717) is 180 Å². The molecule has 0 amide bonds. The maximum absolute atomic E-state index is 15.2. The molecule has 0 unspecified atom stereocenters. The molecule has 4 aromatic carbocycles. The molecule has 30 heteroatoms. The first-order chi connectivity index (χ1) is 71.6. The van der Waals surface area contributed by atoms with E-state index in [1.54, 1.807) is 97.6 Å². The van der Waals surface area contributed by atoms with Crippen LogP contribution in [0.2, 0.25) is 0 Å². The number of methoxy groups -OCH3 is 2. The lowest BCUT2D eigenvalue weighted by molar-refractivity contribution is -0.234. The van der Waals surface area contributed by atoms with Crippen LogP contribution in [0.3, 0.4) is 0 Å². The largest absolute Gasteiger partial charge is 0.469 e. The van der Waals surface area contributed by atoms with Crippen LogP contribution >= 0.6 is 0 Å². The number of aromatic nitrogens is 12. The van der Waals surface area contributed by atoms with E-state index in [1.807, 2.05) is 54.6 Å². The molecule has 24 rings (SSSR count). The van der Waals surface area contributed by atoms with E-state index in [2.05, 4.69) is 75.3 Å². The number of benzene rings is 4. The standard InChI is InChI=1S/C31H34FN3O4.C31H32FN3O4.C28H30FN3O3.C28H28FN3O3/c2*1-19-24-10-9-23-27(22-6-4-5-7-25(22)32)34-29(20-12-15-33-21(18-20)8-11-26(36)37-3)35-28(23)30(24,2)13-14-31(19)38-16-17-39-31;2*1-17-22-8-7-21-24(20-5-3-4-6-23(20)29)31-26(18-9-12-30-19(15-18)16-33)32-25(21)27(22,2)10-11-28(17)34-13-14-35-28/h4-7,12,15,18-19,24H,8-11,13-14,16-17H2,1-3H3;4-8,11-12,15,18-19,24H,9-10,13-14,16-17H2,1-3H3;3-6,9,12,15,17,22,33H,7-8,10-11,13-14,16H2,1-2H3;3-6,9,12,15-17,22H,7-8,10-11,13-14H2,1-2H3/t2*19-,24-,30-;2*17-,22-,27-/m1111/s1. The number of hydrogen-bond donors (Lipinski definition) is 1. The van der Waals surface area contributed by atoms with Gasteiger partial charge >= 0.3 is 11.9 Å². The molecule has 8 fully saturated rings. The van der Waals surface area contributed by atoms with Crippen LogP contribution in [0.1, 0.15) is 211 Å². The van der Waals surface area contributed by atoms with Crippen molar-refractivity contribution in [2.75, 3.05) is 67.1 Å². The maximum Gasteiger partial charge on any atom is 0.330 e. The third-order valence-electron chi connectivity index (χ3n) is 35.0. The number of pyridine rings is 4. The quantitative estimate of drug-likeness (QED) is 0.0431. The predicted octanol–water partition coefficient (Wildman–Crippen LogP) is 20.9. The second kappa shape index (κ2) is 41.1. The number of ether oxygens (including phenoxy) is 10. The van der Waals surface area contributed by atoms with Gasteiger partial charge in [0.25, 0.3) is 0 Å². The van der Waals surface area contributed by atoms with Crippen molar-refractivity contribution in [3.8, 4) is 90.6 Å². The number of rotatable bonds is 15. The molecule has 1 N–H and O–H groups in total. The summed E-state index contributed by atoms with van der Waals surface area (Å²) in [5.74, 6) is 0.0715. The number of halogens is 4. The molecule has 148 heavy (non-hydrogen) atoms. The normalized spacial score (nSPS) is 26.1. The van der Waals surface area contributed by atoms with Gasteiger partial charge < -0.3 is 52.5 Å². The van der Waals surface area contributed by atoms with Gasteiger partial charge in [-0.25, -0.2) is 62.2 Å². The molecular formula is C118H124F4N12O14. The van der Waals surface area contributed by atoms with Crippen LogP contribution in [0.25, 0.3) is 96.7 Å². The molecule has 26 nitrogen and oxygen atoms in total. The van der Waals surface area contributed by atoms with Crippen molar-refractivity contribution in [1.82, 2.24) is 59.8 Å². The van der Waals surface area contributed by atoms with Gasteiger partial charge in [0.2, 0.25) is 0 Å². The summed E-state index contributed by atoms with van der Waals surface area (Å²) >= 11 is 0. The minimum atomic E-state index is -0.530. The summed E-state index contributed by atoms with van der Waals surface area (Å²) in [5.41, 5.74) is 16.8. The van der Waals surface area contributed by atoms with Crippen LogP contribution in [-0.2, 0) is 117 Å². The van der Waals surface area contributed by atoms with E-state index in [9.17, 15) is 19.5 Å². The van der Waals surface area contributed by atoms with E-state index in [0.717, 1.165) is 170 Å². The highest BCUT2D eigenvalue weighted by Gasteiger charge is 2.63. The van der Waals surface area contributed by atoms with Gasteiger partial charge in [0.05, 0.1) is 137 Å². The Balaban J connectivity index is 0.000000116. The highest BCUT2D eigenvalue weighted by atomic mass is 19.1. The average Bonchev–Trinajstić information content (AvgIpc) is 1.05. The topological polar surface area (TPSA) is 318 Å². The molecule has 4 saturated carbocycles. The van der Waals surface area contributed by atoms with E-state index >= 15 is 17.6 Å². The van der Waals surface area contributed by atoms with Gasteiger partial charge in [-0.15, -0.1) is 0 Å². The Labute approximate surface area is 858 Å². The molecule has 12 heterocycles. The van der Waals surface area contributed by atoms with Gasteiger partial charge in [0, 0.05) is 181 Å². The fraction of sp³-hybridized carbons (Fsp3) is 0.449. The second-order valence-electron chi connectivity index (χ2n) is 42.5. The molecule has 8 aliphatic carbocycles. The van der Waals surface area contributed by atoms with Crippen molar-refractivity contribution in [1.29, 1.82) is 0 Å². The van der Waals surface area contributed by atoms with Crippen LogP contribution in [0.5, 0.6) is 0 Å². The molecule has 8 aromatic heterocycles. The van der Waals surface area contributed by atoms with Gasteiger partial charge in [-0.1, -0.05) is 104 Å². The number of esters is 2. The fourth-order valence-electron chi connectivity index (χ4n) is 27.1. The molecule has 12 aromatic rings. The highest BCUT2D eigenvalue weighted by molar-refractivity contribution is 5.87. The van der Waals surface area contributed by atoms with Crippen molar-refractivity contribution in [2.24, 2.45) is 47.3 Å². The van der Waals surface area contributed by atoms with E-state index in [1.165, 1.54) is 44.6 Å². The lowest BCUT2D eigenvalue weighted by atomic mass is 9.54. The number of aliphatic hydroxyl groups excluding tert-OH is 1. The molecule has 4 spiro atoms. The summed E-state index contributed by atoms with van der Waals surface area (Å²) in [6, 6.07) is 41.7. The van der Waals surface area contributed by atoms with Gasteiger partial charge in [-0.3, -0.25) is 29.5 Å². The summed E-state index contributed by atoms with van der Waals surface area (Å²) in [4.78, 5) is 92.2. The first kappa shape index (κ1) is 101. The number of aryl methyl sites for hydroxylation is 1. The monoisotopic (exact) mass is 2010 g/mol. The Kier molecular flexibility index (Phi) is 28.2. The Bertz CT molecular complexity index is 7100. The summed E-state index contributed by atoms with van der Waals surface area (Å²) in [6.45, 7) is 23.0. The third-order valence-corrected chi connectivity index (χ3v) is 35.0. The Hall–Kier alpha value is -12.5. The van der Waals surface area contributed by atoms with Gasteiger partial charge in [0.1, 0.15) is 29.0 Å². The minimum Gasteiger partial charge on any atom is -0.469 e. The smallest absolute Gasteiger partial charge is 0.330 e. The van der Waals surface area contributed by atoms with E-state index < -0.39 is 29.1 Å². The molecule has 0 radical (unpaired) electrons. The van der Waals surface area contributed by atoms with Gasteiger partial charge in [0.15, 0.2) is 52.7 Å². The zero-order chi connectivity index (χ0) is 103. The van der Waals surface area contributed by atoms with Crippen LogP contribution in [0, 0.1) is 70.6 Å². The van der Waals surface area contributed by atoms with Crippen molar-refractivity contribution in [3.63, 3.8) is 0 Å². The Morgan fingerprint density at radius 3 is 0.953 bits per heavy atom. The molecule has 4 aliphatic heterocycles. The molecule has 12 atom stereocenters. The van der Waals surface area contributed by atoms with Crippen molar-refractivity contribution in [3.05, 3.63) is 268 Å². The van der Waals surface area contributed by atoms with Gasteiger partial charge in [-0.2, -0.15) is 0 Å². The fourth-order valence-corrected chi connectivity index (χ4v) is 27.1. The molecule has 0 bridgehead atoms. The van der Waals surface area contributed by atoms with Crippen LogP contribution in [0.15, 0.2) is 176 Å². The zero-order valence-corrected chi connectivity index (χ0v) is 85.2. The number of carbonyl (C=O) groups is 3. The Morgan fingerprint density at radius 2 is 0.655 bits per heavy atom. The molecule has 4 saturated heterocycles. The average molecular weight is 2010 g/mol. The van der Waals surface area contributed by atoms with E-state index in [4.69, 9.17) is 87.2 Å². The first-order valence-corrected chi connectivity index (χ1v) is 52.1. The lowest BCUT2D eigenvalue weighted by Gasteiger charge is -2.54. The van der Waals surface area contributed by atoms with Crippen molar-refractivity contribution < 1.29 is 84.4 Å². The number of nitrogens with zero attached hydrogens (tertiary/aromatic N) is 12. The first-order valence-electron chi connectivity index (χ1n) is 52.1. The minimum absolute atomic E-state index is 0.168. The van der Waals surface area contributed by atoms with Crippen LogP contribution < -0.4 is 0 Å². The summed E-state index contributed by atoms with van der Waals surface area (Å²) < 4.78 is 119. The zero-order valence-electron chi connectivity index (χ0n) is 85.2. The number of carbonyl (C=O) groups excluding carboxylic acids is 3. The lowest BCUT2D eigenvalue weighted by Crippen LogP contribution is -2.55. The third kappa shape index (κ3) is 18.3. The summed E-state index contributed by atoms with van der Waals surface area (Å²) in [6.07, 6.45) is 24.3. The maximum atomic E-state index is 15.2. The molecular weight excluding hydrogens is 1890 g/mol. The van der Waals surface area contributed by atoms with Crippen LogP contribution in [-0.4, -0.2) is 173 Å². The SMILES string of the molecule is COC(=O)C=Cc1cc(-c2nc(-c3ccccc3F)c3c(n2)[C@]2(C)CCC4(OCCO4)[C@H](C)[C@H]2CC3)ccn1.COC(=O)CCc1cc(-c2nc(-c3ccccc3F)c3c(n2)[C@]2(C)CCC4(OCCO4)[C@H](C)[C@H]2CC3)ccn1.C[C@@H]1[C@H]2CCc3c(-c4ccccc4F)nc(-c4ccnc(C=O)c4)nc3[C@]2(C)CCC12OCCO2.C[C@@H]1[C@H]2CCc3c(-c4ccccc4F)nc(-c4ccnc(CO)c4)nc3[C@]2(C)CCC12OCCO2. The van der Waals surface area contributed by atoms with Crippen molar-refractivity contribution >= 4 is 24.3 Å². The predicted molar refractivity (Wildman–Crippen MR) is 544 cm³/mol. The highest BCUT2D eigenvalue weighted by Crippen LogP contribution is 2.63. The van der Waals surface area contributed by atoms with Gasteiger partial charge in [-0.05, 0) is 204 Å². The second-order valence-corrected chi connectivity index (χ2v) is 42.5. The van der Waals surface area contributed by atoms with Crippen molar-refractivity contribution in [2.45, 2.75) is 222 Å². The van der Waals surface area contributed by atoms with E-state index in [-0.39, 0.29) is 87.6 Å².